The van der Waals surface area contributed by atoms with Crippen LogP contribution in [0.25, 0.3) is 55.3 Å². The molecule has 8 aromatic rings. The summed E-state index contributed by atoms with van der Waals surface area (Å²) in [4.78, 5) is 6.57. The fraction of sp³-hybridized carbons (Fsp3) is 0. The van der Waals surface area contributed by atoms with E-state index in [-0.39, 0.29) is 0 Å². The van der Waals surface area contributed by atoms with E-state index < -0.39 is 0 Å². The summed E-state index contributed by atoms with van der Waals surface area (Å²) in [5.41, 5.74) is 12.0. The average molecular weight is 565 g/mol. The van der Waals surface area contributed by atoms with Crippen LogP contribution in [0.15, 0.2) is 175 Å². The van der Waals surface area contributed by atoms with Gasteiger partial charge in [-0.05, 0) is 81.9 Å². The molecule has 2 aromatic heterocycles. The number of rotatable bonds is 6. The van der Waals surface area contributed by atoms with E-state index in [1.54, 1.807) is 6.20 Å². The third kappa shape index (κ3) is 4.81. The number of hydrogen-bond acceptors (Lipinski definition) is 3. The Balaban J connectivity index is 1.23. The van der Waals surface area contributed by atoms with Gasteiger partial charge in [0.2, 0.25) is 0 Å². The lowest BCUT2D eigenvalue weighted by Gasteiger charge is -2.26. The summed E-state index contributed by atoms with van der Waals surface area (Å²) < 4.78 is 6.10. The summed E-state index contributed by atoms with van der Waals surface area (Å²) >= 11 is 0. The number of benzene rings is 6. The second kappa shape index (κ2) is 11.0. The quantitative estimate of drug-likeness (QED) is 0.201. The summed E-state index contributed by atoms with van der Waals surface area (Å²) in [5.74, 6) is 0. The number of fused-ring (bicyclic) bond motifs is 3. The molecular formula is C41H28N2O. The first-order valence-electron chi connectivity index (χ1n) is 14.8. The minimum Gasteiger partial charge on any atom is -0.454 e. The minimum atomic E-state index is 0.791. The molecule has 0 fully saturated rings. The van der Waals surface area contributed by atoms with E-state index in [9.17, 15) is 0 Å². The summed E-state index contributed by atoms with van der Waals surface area (Å²) in [5, 5.41) is 2.13. The Hall–Kier alpha value is -5.93. The number of anilines is 3. The molecule has 6 aromatic carbocycles. The maximum absolute atomic E-state index is 6.10. The summed E-state index contributed by atoms with van der Waals surface area (Å²) in [6, 6.07) is 55.8. The Bertz CT molecular complexity index is 2200. The molecular weight excluding hydrogens is 536 g/mol. The Labute approximate surface area is 256 Å². The predicted molar refractivity (Wildman–Crippen MR) is 183 cm³/mol. The van der Waals surface area contributed by atoms with Gasteiger partial charge in [-0.15, -0.1) is 0 Å². The van der Waals surface area contributed by atoms with Crippen LogP contribution in [0.3, 0.4) is 0 Å². The lowest BCUT2D eigenvalue weighted by atomic mass is 9.99. The standard InChI is InChI=1S/C41H28N2O/c1-3-8-29(9-4-1)31-14-16-33(17-15-31)34-12-7-13-36(26-34)43(35-20-18-32(19-21-35)30-10-5-2-6-11-30)37-22-23-40-39(27-37)38-24-25-42-28-41(38)44-40/h1-28H. The van der Waals surface area contributed by atoms with Gasteiger partial charge >= 0.3 is 0 Å². The maximum Gasteiger partial charge on any atom is 0.153 e. The zero-order valence-corrected chi connectivity index (χ0v) is 24.0. The number of nitrogens with zero attached hydrogens (tertiary/aromatic N) is 2. The van der Waals surface area contributed by atoms with Gasteiger partial charge in [0.05, 0.1) is 6.20 Å². The molecule has 0 atom stereocenters. The fourth-order valence-corrected chi connectivity index (χ4v) is 5.95. The van der Waals surface area contributed by atoms with Crippen LogP contribution in [0.1, 0.15) is 0 Å². The fourth-order valence-electron chi connectivity index (χ4n) is 5.95. The Kier molecular flexibility index (Phi) is 6.47. The van der Waals surface area contributed by atoms with Crippen molar-refractivity contribution < 1.29 is 4.42 Å². The van der Waals surface area contributed by atoms with Crippen LogP contribution >= 0.6 is 0 Å². The molecule has 0 saturated carbocycles. The third-order valence-electron chi connectivity index (χ3n) is 8.18. The lowest BCUT2D eigenvalue weighted by molar-refractivity contribution is 0.667. The molecule has 0 N–H and O–H groups in total. The van der Waals surface area contributed by atoms with Crippen molar-refractivity contribution in [2.24, 2.45) is 0 Å². The second-order valence-corrected chi connectivity index (χ2v) is 10.9. The SMILES string of the molecule is c1ccc(-c2ccc(-c3cccc(N(c4ccc(-c5ccccc5)cc4)c4ccc5oc6cnccc6c5c4)c3)cc2)cc1. The Morgan fingerprint density at radius 3 is 1.61 bits per heavy atom. The van der Waals surface area contributed by atoms with Crippen LogP contribution in [-0.2, 0) is 0 Å². The molecule has 0 spiro atoms. The molecule has 0 aliphatic heterocycles. The van der Waals surface area contributed by atoms with Crippen molar-refractivity contribution >= 4 is 39.0 Å². The van der Waals surface area contributed by atoms with Crippen LogP contribution in [-0.4, -0.2) is 4.98 Å². The van der Waals surface area contributed by atoms with E-state index in [0.29, 0.717) is 0 Å². The third-order valence-corrected chi connectivity index (χ3v) is 8.18. The smallest absolute Gasteiger partial charge is 0.153 e. The van der Waals surface area contributed by atoms with Crippen molar-refractivity contribution in [1.82, 2.24) is 4.98 Å². The van der Waals surface area contributed by atoms with Gasteiger partial charge in [-0.3, -0.25) is 4.98 Å². The molecule has 0 saturated heterocycles. The predicted octanol–water partition coefficient (Wildman–Crippen LogP) is 11.5. The lowest BCUT2D eigenvalue weighted by Crippen LogP contribution is -2.10. The van der Waals surface area contributed by atoms with Crippen LogP contribution in [0, 0.1) is 0 Å². The zero-order valence-electron chi connectivity index (χ0n) is 24.0. The van der Waals surface area contributed by atoms with Crippen molar-refractivity contribution in [2.75, 3.05) is 4.90 Å². The highest BCUT2D eigenvalue weighted by Crippen LogP contribution is 2.40. The normalized spacial score (nSPS) is 11.2. The Morgan fingerprint density at radius 2 is 0.932 bits per heavy atom. The summed E-state index contributed by atoms with van der Waals surface area (Å²) in [6.45, 7) is 0. The van der Waals surface area contributed by atoms with Crippen molar-refractivity contribution in [3.05, 3.63) is 170 Å². The van der Waals surface area contributed by atoms with Crippen molar-refractivity contribution in [3.63, 3.8) is 0 Å². The van der Waals surface area contributed by atoms with Gasteiger partial charge in [0.15, 0.2) is 5.58 Å². The second-order valence-electron chi connectivity index (χ2n) is 10.9. The molecule has 2 heterocycles. The van der Waals surface area contributed by atoms with Gasteiger partial charge in [0.25, 0.3) is 0 Å². The maximum atomic E-state index is 6.10. The molecule has 3 nitrogen and oxygen atoms in total. The topological polar surface area (TPSA) is 29.3 Å². The molecule has 0 radical (unpaired) electrons. The molecule has 0 aliphatic rings. The number of hydrogen-bond donors (Lipinski definition) is 0. The van der Waals surface area contributed by atoms with E-state index in [0.717, 1.165) is 44.6 Å². The van der Waals surface area contributed by atoms with Crippen LogP contribution in [0.2, 0.25) is 0 Å². The van der Waals surface area contributed by atoms with E-state index in [2.05, 4.69) is 149 Å². The van der Waals surface area contributed by atoms with E-state index in [1.807, 2.05) is 24.4 Å². The van der Waals surface area contributed by atoms with E-state index in [1.165, 1.54) is 27.8 Å². The molecule has 8 rings (SSSR count). The molecule has 0 unspecified atom stereocenters. The molecule has 3 heteroatoms. The molecule has 44 heavy (non-hydrogen) atoms. The first-order chi connectivity index (χ1) is 21.8. The van der Waals surface area contributed by atoms with Crippen LogP contribution in [0.5, 0.6) is 0 Å². The average Bonchev–Trinajstić information content (AvgIpc) is 3.48. The highest BCUT2D eigenvalue weighted by Gasteiger charge is 2.16. The van der Waals surface area contributed by atoms with Crippen LogP contribution < -0.4 is 4.90 Å². The number of furan rings is 1. The van der Waals surface area contributed by atoms with E-state index >= 15 is 0 Å². The first kappa shape index (κ1) is 25.8. The number of pyridine rings is 1. The molecule has 0 aliphatic carbocycles. The van der Waals surface area contributed by atoms with Gasteiger partial charge in [0, 0.05) is 34.0 Å². The van der Waals surface area contributed by atoms with Gasteiger partial charge in [-0.2, -0.15) is 0 Å². The van der Waals surface area contributed by atoms with Crippen molar-refractivity contribution in [3.8, 4) is 33.4 Å². The van der Waals surface area contributed by atoms with E-state index in [4.69, 9.17) is 4.42 Å². The highest BCUT2D eigenvalue weighted by atomic mass is 16.3. The molecule has 0 amide bonds. The largest absolute Gasteiger partial charge is 0.454 e. The molecule has 208 valence electrons. The van der Waals surface area contributed by atoms with Crippen molar-refractivity contribution in [2.45, 2.75) is 0 Å². The minimum absolute atomic E-state index is 0.791. The van der Waals surface area contributed by atoms with Crippen LogP contribution in [0.4, 0.5) is 17.1 Å². The summed E-state index contributed by atoms with van der Waals surface area (Å²) in [7, 11) is 0. The molecule has 0 bridgehead atoms. The highest BCUT2D eigenvalue weighted by molar-refractivity contribution is 6.06. The number of aromatic nitrogens is 1. The monoisotopic (exact) mass is 564 g/mol. The Morgan fingerprint density at radius 1 is 0.386 bits per heavy atom. The van der Waals surface area contributed by atoms with Gasteiger partial charge in [-0.1, -0.05) is 109 Å². The van der Waals surface area contributed by atoms with Crippen molar-refractivity contribution in [1.29, 1.82) is 0 Å². The van der Waals surface area contributed by atoms with Gasteiger partial charge in [-0.25, -0.2) is 0 Å². The van der Waals surface area contributed by atoms with Gasteiger partial charge in [0.1, 0.15) is 5.58 Å². The first-order valence-corrected chi connectivity index (χ1v) is 14.8. The van der Waals surface area contributed by atoms with Gasteiger partial charge < -0.3 is 9.32 Å². The zero-order chi connectivity index (χ0) is 29.3. The summed E-state index contributed by atoms with van der Waals surface area (Å²) in [6.07, 6.45) is 3.60.